The second-order valence-electron chi connectivity index (χ2n) is 8.60. The van der Waals surface area contributed by atoms with Crippen molar-refractivity contribution in [1.82, 2.24) is 14.8 Å². The van der Waals surface area contributed by atoms with Crippen LogP contribution in [0.25, 0.3) is 0 Å². The van der Waals surface area contributed by atoms with Crippen LogP contribution in [0.15, 0.2) is 23.4 Å². The molecule has 1 unspecified atom stereocenters. The maximum absolute atomic E-state index is 12.8. The van der Waals surface area contributed by atoms with Gasteiger partial charge >= 0.3 is 5.97 Å². The van der Waals surface area contributed by atoms with Gasteiger partial charge in [0.2, 0.25) is 5.91 Å². The van der Waals surface area contributed by atoms with E-state index in [1.165, 1.54) is 30.2 Å². The first kappa shape index (κ1) is 25.2. The lowest BCUT2D eigenvalue weighted by Gasteiger charge is -2.16. The second-order valence-corrected chi connectivity index (χ2v) is 10.6. The zero-order chi connectivity index (χ0) is 25.1. The van der Waals surface area contributed by atoms with Gasteiger partial charge < -0.3 is 19.4 Å². The molecule has 2 heterocycles. The van der Waals surface area contributed by atoms with Crippen molar-refractivity contribution in [2.75, 3.05) is 18.2 Å². The fourth-order valence-corrected chi connectivity index (χ4v) is 6.18. The lowest BCUT2D eigenvalue weighted by atomic mass is 9.95. The predicted molar refractivity (Wildman–Crippen MR) is 138 cm³/mol. The van der Waals surface area contributed by atoms with Gasteiger partial charge in [-0.25, -0.2) is 4.79 Å². The van der Waals surface area contributed by atoms with Crippen LogP contribution in [0.2, 0.25) is 0 Å². The van der Waals surface area contributed by atoms with Crippen LogP contribution in [-0.4, -0.2) is 39.5 Å². The molecule has 1 aromatic carbocycles. The molecule has 4 rings (SSSR count). The Kier molecular flexibility index (Phi) is 7.81. The van der Waals surface area contributed by atoms with Crippen LogP contribution in [0.1, 0.15) is 63.6 Å². The molecular formula is C25H30N4O4S2. The summed E-state index contributed by atoms with van der Waals surface area (Å²) in [6.45, 7) is 6.01. The molecule has 1 aliphatic rings. The summed E-state index contributed by atoms with van der Waals surface area (Å²) in [5.74, 6) is 1.02. The number of amides is 1. The fourth-order valence-electron chi connectivity index (χ4n) is 4.17. The van der Waals surface area contributed by atoms with Gasteiger partial charge in [-0.1, -0.05) is 23.9 Å². The SMILES string of the molecule is COC(=O)c1c(NC(=O)CSc2nnc(C(C)Oc3cccc(C)c3C)n2C)sc2c1CCCC2. The number of hydrogen-bond donors (Lipinski definition) is 1. The van der Waals surface area contributed by atoms with Crippen LogP contribution in [0.3, 0.4) is 0 Å². The van der Waals surface area contributed by atoms with E-state index in [4.69, 9.17) is 9.47 Å². The van der Waals surface area contributed by atoms with Gasteiger partial charge in [-0.2, -0.15) is 0 Å². The number of carbonyl (C=O) groups excluding carboxylic acids is 2. The van der Waals surface area contributed by atoms with Crippen LogP contribution in [0, 0.1) is 13.8 Å². The monoisotopic (exact) mass is 514 g/mol. The second kappa shape index (κ2) is 10.8. The summed E-state index contributed by atoms with van der Waals surface area (Å²) in [4.78, 5) is 26.3. The lowest BCUT2D eigenvalue weighted by molar-refractivity contribution is -0.113. The van der Waals surface area contributed by atoms with Gasteiger partial charge in [0.05, 0.1) is 18.4 Å². The zero-order valence-corrected chi connectivity index (χ0v) is 22.3. The number of methoxy groups -OCH3 is 1. The maximum Gasteiger partial charge on any atom is 0.341 e. The predicted octanol–water partition coefficient (Wildman–Crippen LogP) is 5.03. The molecule has 186 valence electrons. The van der Waals surface area contributed by atoms with Crippen LogP contribution in [0.5, 0.6) is 5.75 Å². The third kappa shape index (κ3) is 5.38. The Bertz CT molecular complexity index is 1250. The number of anilines is 1. The first-order valence-electron chi connectivity index (χ1n) is 11.6. The normalized spacial score (nSPS) is 13.7. The molecule has 0 saturated carbocycles. The van der Waals surface area contributed by atoms with Crippen molar-refractivity contribution in [3.8, 4) is 5.75 Å². The van der Waals surface area contributed by atoms with E-state index in [-0.39, 0.29) is 17.8 Å². The summed E-state index contributed by atoms with van der Waals surface area (Å²) >= 11 is 2.77. The summed E-state index contributed by atoms with van der Waals surface area (Å²) in [7, 11) is 3.23. The van der Waals surface area contributed by atoms with Gasteiger partial charge in [0, 0.05) is 11.9 Å². The van der Waals surface area contributed by atoms with Crippen molar-refractivity contribution < 1.29 is 19.1 Å². The van der Waals surface area contributed by atoms with Crippen molar-refractivity contribution in [2.45, 2.75) is 57.7 Å². The number of thioether (sulfide) groups is 1. The van der Waals surface area contributed by atoms with Crippen molar-refractivity contribution in [2.24, 2.45) is 7.05 Å². The molecule has 0 aliphatic heterocycles. The third-order valence-corrected chi connectivity index (χ3v) is 8.46. The standard InChI is InChI=1S/C25H30N4O4S2/c1-14-9-8-11-18(15(14)2)33-16(3)22-27-28-25(29(22)4)34-13-20(30)26-23-21(24(31)32-5)17-10-6-7-12-19(17)35-23/h8-9,11,16H,6-7,10,12-13H2,1-5H3,(H,26,30). The number of ether oxygens (including phenoxy) is 2. The van der Waals surface area contributed by atoms with Crippen LogP contribution in [-0.2, 0) is 29.4 Å². The molecule has 0 spiro atoms. The number of rotatable bonds is 8. The number of fused-ring (bicyclic) bond motifs is 1. The smallest absolute Gasteiger partial charge is 0.341 e. The molecule has 0 radical (unpaired) electrons. The van der Waals surface area contributed by atoms with Gasteiger partial charge in [0.1, 0.15) is 10.8 Å². The Morgan fingerprint density at radius 1 is 1.23 bits per heavy atom. The summed E-state index contributed by atoms with van der Waals surface area (Å²) in [6, 6.07) is 5.96. The van der Waals surface area contributed by atoms with E-state index < -0.39 is 5.97 Å². The Balaban J connectivity index is 1.41. The van der Waals surface area contributed by atoms with Gasteiger partial charge in [0.25, 0.3) is 0 Å². The average molecular weight is 515 g/mol. The van der Waals surface area contributed by atoms with E-state index in [0.29, 0.717) is 21.5 Å². The van der Waals surface area contributed by atoms with E-state index >= 15 is 0 Å². The minimum Gasteiger partial charge on any atom is -0.482 e. The summed E-state index contributed by atoms with van der Waals surface area (Å²) in [6.07, 6.45) is 3.59. The molecule has 1 amide bonds. The highest BCUT2D eigenvalue weighted by molar-refractivity contribution is 7.99. The molecule has 8 nitrogen and oxygen atoms in total. The number of thiophene rings is 1. The topological polar surface area (TPSA) is 95.3 Å². The van der Waals surface area contributed by atoms with E-state index in [0.717, 1.165) is 53.0 Å². The van der Waals surface area contributed by atoms with Crippen LogP contribution >= 0.6 is 23.1 Å². The quantitative estimate of drug-likeness (QED) is 0.333. The molecular weight excluding hydrogens is 484 g/mol. The van der Waals surface area contributed by atoms with Crippen LogP contribution in [0.4, 0.5) is 5.00 Å². The molecule has 2 aromatic heterocycles. The number of nitrogens with one attached hydrogen (secondary N) is 1. The van der Waals surface area contributed by atoms with Crippen molar-refractivity contribution >= 4 is 40.0 Å². The lowest BCUT2D eigenvalue weighted by Crippen LogP contribution is -2.17. The summed E-state index contributed by atoms with van der Waals surface area (Å²) < 4.78 is 13.0. The highest BCUT2D eigenvalue weighted by Crippen LogP contribution is 2.38. The van der Waals surface area contributed by atoms with Gasteiger partial charge in [-0.3, -0.25) is 4.79 Å². The minimum absolute atomic E-state index is 0.140. The number of nitrogens with zero attached hydrogens (tertiary/aromatic N) is 3. The van der Waals surface area contributed by atoms with Crippen molar-refractivity contribution in [3.63, 3.8) is 0 Å². The van der Waals surface area contributed by atoms with Crippen LogP contribution < -0.4 is 10.1 Å². The number of esters is 1. The molecule has 3 aromatic rings. The number of hydrogen-bond acceptors (Lipinski definition) is 8. The highest BCUT2D eigenvalue weighted by Gasteiger charge is 2.27. The van der Waals surface area contributed by atoms with E-state index in [1.54, 1.807) is 0 Å². The molecule has 35 heavy (non-hydrogen) atoms. The molecule has 0 saturated heterocycles. The zero-order valence-electron chi connectivity index (χ0n) is 20.6. The van der Waals surface area contributed by atoms with Gasteiger partial charge in [-0.05, 0) is 69.2 Å². The molecule has 1 N–H and O–H groups in total. The molecule has 1 atom stereocenters. The molecule has 0 fully saturated rings. The van der Waals surface area contributed by atoms with E-state index in [2.05, 4.69) is 28.5 Å². The number of aromatic nitrogens is 3. The first-order valence-corrected chi connectivity index (χ1v) is 13.4. The van der Waals surface area contributed by atoms with Crippen molar-refractivity contribution in [1.29, 1.82) is 0 Å². The molecule has 1 aliphatic carbocycles. The Morgan fingerprint density at radius 2 is 2.00 bits per heavy atom. The summed E-state index contributed by atoms with van der Waals surface area (Å²) in [5.41, 5.74) is 3.78. The average Bonchev–Trinajstić information content (AvgIpc) is 3.39. The third-order valence-electron chi connectivity index (χ3n) is 6.24. The van der Waals surface area contributed by atoms with Crippen molar-refractivity contribution in [3.05, 3.63) is 51.2 Å². The number of carbonyl (C=O) groups is 2. The van der Waals surface area contributed by atoms with Gasteiger partial charge in [-0.15, -0.1) is 21.5 Å². The van der Waals surface area contributed by atoms with Gasteiger partial charge in [0.15, 0.2) is 17.1 Å². The highest BCUT2D eigenvalue weighted by atomic mass is 32.2. The maximum atomic E-state index is 12.8. The fraction of sp³-hybridized carbons (Fsp3) is 0.440. The molecule has 0 bridgehead atoms. The molecule has 10 heteroatoms. The first-order chi connectivity index (χ1) is 16.8. The Hall–Kier alpha value is -2.85. The Labute approximate surface area is 213 Å². The summed E-state index contributed by atoms with van der Waals surface area (Å²) in [5, 5.41) is 12.7. The van der Waals surface area contributed by atoms with E-state index in [9.17, 15) is 9.59 Å². The number of aryl methyl sites for hydroxylation is 2. The number of benzene rings is 1. The largest absolute Gasteiger partial charge is 0.482 e. The Morgan fingerprint density at radius 3 is 2.77 bits per heavy atom. The van der Waals surface area contributed by atoms with E-state index in [1.807, 2.05) is 37.6 Å². The minimum atomic E-state index is -0.400.